The van der Waals surface area contributed by atoms with Crippen molar-refractivity contribution in [3.05, 3.63) is 88.7 Å². The number of carbonyl (C=O) groups is 1. The number of phenols is 1. The molecule has 0 fully saturated rings. The first-order valence-electron chi connectivity index (χ1n) is 9.22. The molecule has 0 amide bonds. The minimum absolute atomic E-state index is 0.186. The number of ketones is 1. The summed E-state index contributed by atoms with van der Waals surface area (Å²) < 4.78 is 19.5. The van der Waals surface area contributed by atoms with Crippen molar-refractivity contribution in [3.8, 4) is 22.6 Å². The van der Waals surface area contributed by atoms with E-state index in [-0.39, 0.29) is 17.3 Å². The van der Waals surface area contributed by atoms with E-state index in [0.29, 0.717) is 27.5 Å². The number of allylic oxidation sites excluding steroid dienone is 1. The van der Waals surface area contributed by atoms with Gasteiger partial charge in [0.2, 0.25) is 0 Å². The fraction of sp³-hybridized carbons (Fsp3) is 0.125. The van der Waals surface area contributed by atoms with Crippen molar-refractivity contribution in [1.82, 2.24) is 0 Å². The smallest absolute Gasteiger partial charge is 0.188 e. The third-order valence-electron chi connectivity index (χ3n) is 4.58. The number of methoxy groups -OCH3 is 1. The molecule has 154 valence electrons. The fourth-order valence-electron chi connectivity index (χ4n) is 2.96. The van der Waals surface area contributed by atoms with E-state index in [2.05, 4.69) is 5.32 Å². The lowest BCUT2D eigenvalue weighted by atomic mass is 10.0. The van der Waals surface area contributed by atoms with Crippen LogP contribution in [-0.4, -0.2) is 24.3 Å². The Labute approximate surface area is 179 Å². The van der Waals surface area contributed by atoms with E-state index >= 15 is 0 Å². The number of carbonyl (C=O) groups excluding carboxylic acids is 1. The Hall–Kier alpha value is -3.25. The molecule has 0 unspecified atom stereocenters. The summed E-state index contributed by atoms with van der Waals surface area (Å²) in [4.78, 5) is 12.8. The number of aryl methyl sites for hydroxylation is 1. The molecule has 0 aromatic heterocycles. The van der Waals surface area contributed by atoms with Gasteiger partial charge in [0.1, 0.15) is 17.3 Å². The maximum absolute atomic E-state index is 14.3. The number of halogens is 1. The van der Waals surface area contributed by atoms with Crippen LogP contribution in [0.25, 0.3) is 11.1 Å². The molecule has 30 heavy (non-hydrogen) atoms. The fourth-order valence-corrected chi connectivity index (χ4v) is 3.40. The van der Waals surface area contributed by atoms with Gasteiger partial charge in [-0.15, -0.1) is 11.8 Å². The first-order chi connectivity index (χ1) is 14.4. The molecule has 0 aliphatic carbocycles. The molecule has 0 aliphatic heterocycles. The molecule has 6 heteroatoms. The average molecular weight is 424 g/mol. The molecule has 3 aromatic carbocycles. The molecule has 0 spiro atoms. The van der Waals surface area contributed by atoms with E-state index in [0.717, 1.165) is 11.3 Å². The summed E-state index contributed by atoms with van der Waals surface area (Å²) in [5, 5.41) is 13.4. The summed E-state index contributed by atoms with van der Waals surface area (Å²) in [6.45, 7) is 1.87. The maximum atomic E-state index is 14.3. The monoisotopic (exact) mass is 423 g/mol. The second-order valence-corrected chi connectivity index (χ2v) is 7.48. The van der Waals surface area contributed by atoms with Gasteiger partial charge in [-0.2, -0.15) is 0 Å². The quantitative estimate of drug-likeness (QED) is 0.277. The summed E-state index contributed by atoms with van der Waals surface area (Å²) in [6.07, 6.45) is 3.38. The standard InChI is InChI=1S/C24H22FNO3S/c1-15-11-18(27)7-10-22(15)26-24(30-3)14-23(28)17-6-4-5-16(12-17)20-13-19(29-2)8-9-21(20)25/h4-14,26-27H,1-3H3/b24-14-. The average Bonchev–Trinajstić information content (AvgIpc) is 2.75. The van der Waals surface area contributed by atoms with Crippen LogP contribution >= 0.6 is 11.8 Å². The molecule has 2 N–H and O–H groups in total. The molecule has 0 bridgehead atoms. The SMILES string of the molecule is COc1ccc(F)c(-c2cccc(C(=O)/C=C(/Nc3ccc(O)cc3C)SC)c2)c1. The molecule has 0 saturated carbocycles. The van der Waals surface area contributed by atoms with E-state index in [1.54, 1.807) is 54.6 Å². The number of benzene rings is 3. The van der Waals surface area contributed by atoms with Crippen molar-refractivity contribution >= 4 is 23.2 Å². The predicted octanol–water partition coefficient (Wildman–Crippen LogP) is 6.01. The Morgan fingerprint density at radius 3 is 2.63 bits per heavy atom. The summed E-state index contributed by atoms with van der Waals surface area (Å²) in [6, 6.07) is 16.3. The number of phenolic OH excluding ortho intramolecular Hbond substituents is 1. The summed E-state index contributed by atoms with van der Waals surface area (Å²) in [7, 11) is 1.52. The Bertz CT molecular complexity index is 1110. The number of ether oxygens (including phenoxy) is 1. The van der Waals surface area contributed by atoms with Crippen molar-refractivity contribution in [3.63, 3.8) is 0 Å². The first kappa shape index (κ1) is 21.5. The summed E-state index contributed by atoms with van der Waals surface area (Å²) >= 11 is 1.40. The Morgan fingerprint density at radius 1 is 1.13 bits per heavy atom. The van der Waals surface area contributed by atoms with Crippen LogP contribution in [0.5, 0.6) is 11.5 Å². The summed E-state index contributed by atoms with van der Waals surface area (Å²) in [5.74, 6) is 0.144. The van der Waals surface area contributed by atoms with Gasteiger partial charge in [0.05, 0.1) is 12.1 Å². The van der Waals surface area contributed by atoms with Crippen molar-refractivity contribution in [2.24, 2.45) is 0 Å². The Morgan fingerprint density at radius 2 is 1.93 bits per heavy atom. The minimum Gasteiger partial charge on any atom is -0.508 e. The summed E-state index contributed by atoms with van der Waals surface area (Å²) in [5.41, 5.74) is 3.08. The zero-order chi connectivity index (χ0) is 21.7. The van der Waals surface area contributed by atoms with Crippen LogP contribution in [0.4, 0.5) is 10.1 Å². The highest BCUT2D eigenvalue weighted by Crippen LogP contribution is 2.28. The number of rotatable bonds is 7. The molecule has 0 saturated heterocycles. The van der Waals surface area contributed by atoms with E-state index in [4.69, 9.17) is 4.74 Å². The van der Waals surface area contributed by atoms with Gasteiger partial charge in [-0.05, 0) is 66.8 Å². The van der Waals surface area contributed by atoms with Gasteiger partial charge in [-0.25, -0.2) is 4.39 Å². The lowest BCUT2D eigenvalue weighted by Gasteiger charge is -2.12. The number of nitrogens with one attached hydrogen (secondary N) is 1. The van der Waals surface area contributed by atoms with Crippen molar-refractivity contribution < 1.29 is 19.0 Å². The number of hydrogen-bond donors (Lipinski definition) is 2. The number of hydrogen-bond acceptors (Lipinski definition) is 5. The van der Waals surface area contributed by atoms with Crippen LogP contribution in [0.15, 0.2) is 71.8 Å². The lowest BCUT2D eigenvalue weighted by molar-refractivity contribution is 0.104. The molecular formula is C24H22FNO3S. The molecule has 0 heterocycles. The van der Waals surface area contributed by atoms with Crippen LogP contribution in [0, 0.1) is 12.7 Å². The van der Waals surface area contributed by atoms with E-state index in [1.807, 2.05) is 13.2 Å². The number of aromatic hydroxyl groups is 1. The third-order valence-corrected chi connectivity index (χ3v) is 5.24. The highest BCUT2D eigenvalue weighted by atomic mass is 32.2. The second kappa shape index (κ2) is 9.50. The van der Waals surface area contributed by atoms with Crippen LogP contribution in [-0.2, 0) is 0 Å². The number of anilines is 1. The zero-order valence-electron chi connectivity index (χ0n) is 16.9. The van der Waals surface area contributed by atoms with Crippen LogP contribution in [0.2, 0.25) is 0 Å². The van der Waals surface area contributed by atoms with Gasteiger partial charge < -0.3 is 15.2 Å². The highest BCUT2D eigenvalue weighted by molar-refractivity contribution is 8.02. The molecule has 0 atom stereocenters. The largest absolute Gasteiger partial charge is 0.508 e. The molecule has 3 rings (SSSR count). The molecule has 4 nitrogen and oxygen atoms in total. The third kappa shape index (κ3) is 5.02. The van der Waals surface area contributed by atoms with Crippen molar-refractivity contribution in [2.45, 2.75) is 6.92 Å². The Balaban J connectivity index is 1.88. The second-order valence-electron chi connectivity index (χ2n) is 6.63. The topological polar surface area (TPSA) is 58.6 Å². The highest BCUT2D eigenvalue weighted by Gasteiger charge is 2.11. The van der Waals surface area contributed by atoms with Gasteiger partial charge in [0, 0.05) is 22.9 Å². The van der Waals surface area contributed by atoms with Crippen LogP contribution in [0.3, 0.4) is 0 Å². The number of thioether (sulfide) groups is 1. The van der Waals surface area contributed by atoms with Gasteiger partial charge in [0.25, 0.3) is 0 Å². The normalized spacial score (nSPS) is 11.3. The van der Waals surface area contributed by atoms with Gasteiger partial charge in [0.15, 0.2) is 5.78 Å². The predicted molar refractivity (Wildman–Crippen MR) is 121 cm³/mol. The first-order valence-corrected chi connectivity index (χ1v) is 10.4. The van der Waals surface area contributed by atoms with E-state index in [9.17, 15) is 14.3 Å². The van der Waals surface area contributed by atoms with Gasteiger partial charge >= 0.3 is 0 Å². The zero-order valence-corrected chi connectivity index (χ0v) is 17.7. The van der Waals surface area contributed by atoms with E-state index < -0.39 is 0 Å². The maximum Gasteiger partial charge on any atom is 0.188 e. The van der Waals surface area contributed by atoms with Crippen molar-refractivity contribution in [1.29, 1.82) is 0 Å². The molecule has 3 aromatic rings. The van der Waals surface area contributed by atoms with E-state index in [1.165, 1.54) is 31.0 Å². The molecular weight excluding hydrogens is 401 g/mol. The van der Waals surface area contributed by atoms with Crippen LogP contribution in [0.1, 0.15) is 15.9 Å². The minimum atomic E-state index is -0.384. The molecule has 0 radical (unpaired) electrons. The molecule has 0 aliphatic rings. The lowest BCUT2D eigenvalue weighted by Crippen LogP contribution is -2.03. The van der Waals surface area contributed by atoms with Crippen LogP contribution < -0.4 is 10.1 Å². The van der Waals surface area contributed by atoms with Crippen molar-refractivity contribution in [2.75, 3.05) is 18.7 Å². The van der Waals surface area contributed by atoms with Gasteiger partial charge in [-0.3, -0.25) is 4.79 Å². The van der Waals surface area contributed by atoms with Gasteiger partial charge in [-0.1, -0.05) is 18.2 Å². The Kier molecular flexibility index (Phi) is 6.79.